The molecule has 2 aromatic heterocycles. The maximum absolute atomic E-state index is 13.3. The molecule has 0 saturated carbocycles. The number of piperazine rings is 1. The van der Waals surface area contributed by atoms with Gasteiger partial charge in [-0.25, -0.2) is 15.0 Å². The summed E-state index contributed by atoms with van der Waals surface area (Å²) in [4.78, 5) is 31.5. The Morgan fingerprint density at radius 3 is 1.94 bits per heavy atom. The topological polar surface area (TPSA) is 74.2 Å². The number of benzene rings is 2. The molecule has 1 aliphatic rings. The predicted molar refractivity (Wildman–Crippen MR) is 143 cm³/mol. The van der Waals surface area contributed by atoms with Gasteiger partial charge in [-0.2, -0.15) is 0 Å². The van der Waals surface area contributed by atoms with E-state index in [2.05, 4.69) is 32.0 Å². The predicted octanol–water partition coefficient (Wildman–Crippen LogP) is 4.15. The van der Waals surface area contributed by atoms with Crippen molar-refractivity contribution in [1.29, 1.82) is 0 Å². The third kappa shape index (κ3) is 5.75. The Hall–Kier alpha value is -4.10. The molecule has 1 atom stereocenters. The number of rotatable bonds is 7. The van der Waals surface area contributed by atoms with Crippen molar-refractivity contribution >= 4 is 11.9 Å². The lowest BCUT2D eigenvalue weighted by molar-refractivity contribution is 0.0928. The number of carbonyl (C=O) groups excluding carboxylic acids is 1. The highest BCUT2D eigenvalue weighted by molar-refractivity contribution is 5.96. The van der Waals surface area contributed by atoms with Gasteiger partial charge < -0.3 is 10.2 Å². The minimum absolute atomic E-state index is 0.00513. The zero-order valence-corrected chi connectivity index (χ0v) is 20.4. The normalized spacial score (nSPS) is 14.9. The molecule has 36 heavy (non-hydrogen) atoms. The summed E-state index contributed by atoms with van der Waals surface area (Å²) in [5.74, 6) is 0.690. The zero-order chi connectivity index (χ0) is 24.7. The van der Waals surface area contributed by atoms with Gasteiger partial charge in [0.15, 0.2) is 0 Å². The van der Waals surface area contributed by atoms with Gasteiger partial charge in [-0.3, -0.25) is 9.69 Å². The third-order valence-corrected chi connectivity index (χ3v) is 6.34. The summed E-state index contributed by atoms with van der Waals surface area (Å²) in [5.41, 5.74) is 4.15. The van der Waals surface area contributed by atoms with E-state index in [0.717, 1.165) is 61.2 Å². The maximum Gasteiger partial charge on any atom is 0.251 e. The highest BCUT2D eigenvalue weighted by Gasteiger charge is 2.21. The molecular formula is C29H30N6O. The fourth-order valence-electron chi connectivity index (χ4n) is 4.50. The van der Waals surface area contributed by atoms with Crippen molar-refractivity contribution in [3.05, 3.63) is 96.8 Å². The third-order valence-electron chi connectivity index (χ3n) is 6.34. The van der Waals surface area contributed by atoms with Crippen LogP contribution < -0.4 is 10.2 Å². The van der Waals surface area contributed by atoms with Crippen LogP contribution in [0.4, 0.5) is 5.95 Å². The molecule has 1 unspecified atom stereocenters. The van der Waals surface area contributed by atoms with Crippen LogP contribution in [-0.4, -0.2) is 64.5 Å². The molecule has 1 fully saturated rings. The number of pyridine rings is 1. The Balaban J connectivity index is 1.26. The van der Waals surface area contributed by atoms with E-state index < -0.39 is 0 Å². The number of nitrogens with zero attached hydrogens (tertiary/aromatic N) is 5. The molecule has 5 rings (SSSR count). The van der Waals surface area contributed by atoms with Crippen molar-refractivity contribution in [3.63, 3.8) is 0 Å². The quantitative estimate of drug-likeness (QED) is 0.430. The summed E-state index contributed by atoms with van der Waals surface area (Å²) in [6.45, 7) is 6.40. The van der Waals surface area contributed by atoms with Crippen LogP contribution in [0.25, 0.3) is 22.5 Å². The molecule has 1 N–H and O–H groups in total. The molecular weight excluding hydrogens is 448 g/mol. The maximum atomic E-state index is 13.3. The minimum Gasteiger partial charge on any atom is -0.348 e. The second-order valence-electron chi connectivity index (χ2n) is 9.07. The number of hydrogen-bond acceptors (Lipinski definition) is 6. The second kappa shape index (κ2) is 11.1. The Kier molecular flexibility index (Phi) is 7.28. The van der Waals surface area contributed by atoms with E-state index in [1.165, 1.54) is 0 Å². The van der Waals surface area contributed by atoms with Crippen LogP contribution in [0.5, 0.6) is 0 Å². The van der Waals surface area contributed by atoms with Crippen molar-refractivity contribution < 1.29 is 4.79 Å². The number of amides is 1. The van der Waals surface area contributed by atoms with E-state index in [1.807, 2.05) is 78.9 Å². The van der Waals surface area contributed by atoms with Crippen molar-refractivity contribution in [2.75, 3.05) is 37.6 Å². The molecule has 0 radical (unpaired) electrons. The largest absolute Gasteiger partial charge is 0.348 e. The van der Waals surface area contributed by atoms with Crippen LogP contribution in [0.1, 0.15) is 17.3 Å². The summed E-state index contributed by atoms with van der Waals surface area (Å²) in [6.07, 6.45) is 3.55. The number of nitrogens with one attached hydrogen (secondary N) is 1. The monoisotopic (exact) mass is 478 g/mol. The average molecular weight is 479 g/mol. The molecule has 0 spiro atoms. The molecule has 1 aliphatic heterocycles. The molecule has 1 saturated heterocycles. The van der Waals surface area contributed by atoms with Crippen LogP contribution in [-0.2, 0) is 0 Å². The number of aromatic nitrogens is 3. The average Bonchev–Trinajstić information content (AvgIpc) is 2.94. The van der Waals surface area contributed by atoms with Gasteiger partial charge in [-0.05, 0) is 25.1 Å². The van der Waals surface area contributed by atoms with E-state index in [-0.39, 0.29) is 11.9 Å². The fraction of sp³-hybridized carbons (Fsp3) is 0.241. The van der Waals surface area contributed by atoms with E-state index >= 15 is 0 Å². The lowest BCUT2D eigenvalue weighted by Gasteiger charge is -2.35. The summed E-state index contributed by atoms with van der Waals surface area (Å²) in [7, 11) is 0. The molecule has 0 bridgehead atoms. The number of carbonyl (C=O) groups is 1. The lowest BCUT2D eigenvalue weighted by atomic mass is 10.0. The number of hydrogen-bond donors (Lipinski definition) is 1. The molecule has 2 aromatic carbocycles. The standard InChI is InChI=1S/C29H30N6O/c1-22(21-34-15-17-35(18-16-34)29-30-13-8-14-31-29)32-28(36)25-19-26(23-9-4-2-5-10-23)33-27(20-25)24-11-6-3-7-12-24/h2-14,19-20,22H,15-18,21H2,1H3,(H,32,36). The van der Waals surface area contributed by atoms with Crippen LogP contribution in [0.15, 0.2) is 91.3 Å². The molecule has 0 aliphatic carbocycles. The smallest absolute Gasteiger partial charge is 0.251 e. The minimum atomic E-state index is -0.0874. The number of anilines is 1. The summed E-state index contributed by atoms with van der Waals surface area (Å²) in [6, 6.07) is 25.5. The van der Waals surface area contributed by atoms with Crippen molar-refractivity contribution in [3.8, 4) is 22.5 Å². The molecule has 7 heteroatoms. The summed E-state index contributed by atoms with van der Waals surface area (Å²) < 4.78 is 0. The molecule has 1 amide bonds. The molecule has 3 heterocycles. The second-order valence-corrected chi connectivity index (χ2v) is 9.07. The summed E-state index contributed by atoms with van der Waals surface area (Å²) in [5, 5.41) is 3.20. The van der Waals surface area contributed by atoms with Gasteiger partial charge in [-0.1, -0.05) is 60.7 Å². The zero-order valence-electron chi connectivity index (χ0n) is 20.4. The summed E-state index contributed by atoms with van der Waals surface area (Å²) >= 11 is 0. The van der Waals surface area contributed by atoms with Crippen LogP contribution in [0.2, 0.25) is 0 Å². The van der Waals surface area contributed by atoms with Gasteiger partial charge in [0.1, 0.15) is 0 Å². The molecule has 182 valence electrons. The van der Waals surface area contributed by atoms with Gasteiger partial charge in [0.2, 0.25) is 5.95 Å². The van der Waals surface area contributed by atoms with Crippen molar-refractivity contribution in [1.82, 2.24) is 25.2 Å². The Labute approximate surface area is 211 Å². The SMILES string of the molecule is CC(CN1CCN(c2ncccn2)CC1)NC(=O)c1cc(-c2ccccc2)nc(-c2ccccc2)c1. The Morgan fingerprint density at radius 2 is 1.39 bits per heavy atom. The highest BCUT2D eigenvalue weighted by atomic mass is 16.1. The van der Waals surface area contributed by atoms with Crippen LogP contribution in [0.3, 0.4) is 0 Å². The van der Waals surface area contributed by atoms with E-state index in [1.54, 1.807) is 12.4 Å². The lowest BCUT2D eigenvalue weighted by Crippen LogP contribution is -2.51. The van der Waals surface area contributed by atoms with Crippen LogP contribution >= 0.6 is 0 Å². The highest BCUT2D eigenvalue weighted by Crippen LogP contribution is 2.25. The van der Waals surface area contributed by atoms with Crippen LogP contribution in [0, 0.1) is 0 Å². The van der Waals surface area contributed by atoms with E-state index in [4.69, 9.17) is 4.98 Å². The fourth-order valence-corrected chi connectivity index (χ4v) is 4.50. The van der Waals surface area contributed by atoms with E-state index in [0.29, 0.717) is 5.56 Å². The first kappa shape index (κ1) is 23.6. The van der Waals surface area contributed by atoms with Gasteiger partial charge >= 0.3 is 0 Å². The molecule has 4 aromatic rings. The Morgan fingerprint density at radius 1 is 0.833 bits per heavy atom. The van der Waals surface area contributed by atoms with Gasteiger partial charge in [-0.15, -0.1) is 0 Å². The van der Waals surface area contributed by atoms with Gasteiger partial charge in [0.25, 0.3) is 5.91 Å². The van der Waals surface area contributed by atoms with E-state index in [9.17, 15) is 4.79 Å². The van der Waals surface area contributed by atoms with Crippen molar-refractivity contribution in [2.45, 2.75) is 13.0 Å². The Bertz CT molecular complexity index is 1220. The molecule has 7 nitrogen and oxygen atoms in total. The van der Waals surface area contributed by atoms with Gasteiger partial charge in [0.05, 0.1) is 11.4 Å². The van der Waals surface area contributed by atoms with Gasteiger partial charge in [0, 0.05) is 67.8 Å². The first-order valence-electron chi connectivity index (χ1n) is 12.3. The first-order chi connectivity index (χ1) is 17.7. The van der Waals surface area contributed by atoms with Crippen molar-refractivity contribution in [2.24, 2.45) is 0 Å². The first-order valence-corrected chi connectivity index (χ1v) is 12.3.